The molecule has 0 heterocycles. The zero-order valence-electron chi connectivity index (χ0n) is 12.8. The lowest BCUT2D eigenvalue weighted by Crippen LogP contribution is -2.30. The molecule has 112 valence electrons. The Morgan fingerprint density at radius 3 is 2.75 bits per heavy atom. The van der Waals surface area contributed by atoms with Crippen molar-refractivity contribution in [1.29, 1.82) is 0 Å². The molecule has 1 fully saturated rings. The molecule has 20 heavy (non-hydrogen) atoms. The van der Waals surface area contributed by atoms with Crippen LogP contribution in [0.5, 0.6) is 5.75 Å². The van der Waals surface area contributed by atoms with Gasteiger partial charge in [-0.05, 0) is 48.9 Å². The summed E-state index contributed by atoms with van der Waals surface area (Å²) in [6.07, 6.45) is 5.16. The van der Waals surface area contributed by atoms with Crippen molar-refractivity contribution in [3.63, 3.8) is 0 Å². The molecule has 1 aromatic rings. The fourth-order valence-electron chi connectivity index (χ4n) is 3.36. The minimum atomic E-state index is 0.413. The fraction of sp³-hybridized carbons (Fsp3) is 0.647. The van der Waals surface area contributed by atoms with Crippen molar-refractivity contribution in [2.75, 3.05) is 13.7 Å². The van der Waals surface area contributed by atoms with Crippen molar-refractivity contribution < 1.29 is 4.74 Å². The zero-order chi connectivity index (χ0) is 14.5. The fourth-order valence-corrected chi connectivity index (χ4v) is 3.63. The molecule has 0 bridgehead atoms. The second kappa shape index (κ2) is 7.33. The first-order chi connectivity index (χ1) is 9.67. The van der Waals surface area contributed by atoms with E-state index in [9.17, 15) is 0 Å². The standard InChI is InChI=1S/C17H26ClNO/c1-4-10-19-17(14-7-5-6-12(14)2)13-8-9-16(20-3)15(18)11-13/h8-9,11-12,14,17,19H,4-7,10H2,1-3H3. The van der Waals surface area contributed by atoms with Gasteiger partial charge in [0.1, 0.15) is 5.75 Å². The predicted octanol–water partition coefficient (Wildman–Crippen LogP) is 4.83. The Balaban J connectivity index is 2.23. The summed E-state index contributed by atoms with van der Waals surface area (Å²) in [5.74, 6) is 2.25. The molecule has 0 spiro atoms. The number of nitrogens with one attached hydrogen (secondary N) is 1. The summed E-state index contributed by atoms with van der Waals surface area (Å²) in [6.45, 7) is 5.64. The Bertz CT molecular complexity index is 435. The van der Waals surface area contributed by atoms with Crippen LogP contribution in [0.4, 0.5) is 0 Å². The van der Waals surface area contributed by atoms with Crippen molar-refractivity contribution in [3.8, 4) is 5.75 Å². The van der Waals surface area contributed by atoms with Gasteiger partial charge in [0, 0.05) is 6.04 Å². The van der Waals surface area contributed by atoms with Gasteiger partial charge in [-0.1, -0.05) is 44.4 Å². The van der Waals surface area contributed by atoms with Crippen LogP contribution in [0, 0.1) is 11.8 Å². The third-order valence-electron chi connectivity index (χ3n) is 4.51. The molecular weight excluding hydrogens is 270 g/mol. The second-order valence-corrected chi connectivity index (χ2v) is 6.31. The molecule has 2 rings (SSSR count). The van der Waals surface area contributed by atoms with Gasteiger partial charge in [-0.15, -0.1) is 0 Å². The highest BCUT2D eigenvalue weighted by Crippen LogP contribution is 2.41. The highest BCUT2D eigenvalue weighted by atomic mass is 35.5. The van der Waals surface area contributed by atoms with E-state index in [1.807, 2.05) is 6.07 Å². The summed E-state index contributed by atoms with van der Waals surface area (Å²) < 4.78 is 5.26. The van der Waals surface area contributed by atoms with Crippen molar-refractivity contribution in [2.45, 2.75) is 45.6 Å². The largest absolute Gasteiger partial charge is 0.495 e. The summed E-state index contributed by atoms with van der Waals surface area (Å²) in [5.41, 5.74) is 1.29. The van der Waals surface area contributed by atoms with Crippen LogP contribution >= 0.6 is 11.6 Å². The Hall–Kier alpha value is -0.730. The Morgan fingerprint density at radius 2 is 2.20 bits per heavy atom. The number of ether oxygens (including phenoxy) is 1. The zero-order valence-corrected chi connectivity index (χ0v) is 13.5. The maximum Gasteiger partial charge on any atom is 0.137 e. The summed E-state index contributed by atoms with van der Waals surface area (Å²) in [7, 11) is 1.66. The maximum absolute atomic E-state index is 6.30. The van der Waals surface area contributed by atoms with Crippen LogP contribution in [0.1, 0.15) is 51.1 Å². The van der Waals surface area contributed by atoms with Crippen molar-refractivity contribution in [2.24, 2.45) is 11.8 Å². The van der Waals surface area contributed by atoms with Gasteiger partial charge in [0.25, 0.3) is 0 Å². The number of benzene rings is 1. The van der Waals surface area contributed by atoms with Gasteiger partial charge in [-0.2, -0.15) is 0 Å². The van der Waals surface area contributed by atoms with Crippen molar-refractivity contribution in [1.82, 2.24) is 5.32 Å². The molecule has 3 unspecified atom stereocenters. The minimum Gasteiger partial charge on any atom is -0.495 e. The quantitative estimate of drug-likeness (QED) is 0.812. The Morgan fingerprint density at radius 1 is 1.40 bits per heavy atom. The van der Waals surface area contributed by atoms with E-state index in [2.05, 4.69) is 31.3 Å². The van der Waals surface area contributed by atoms with Crippen LogP contribution in [-0.2, 0) is 0 Å². The van der Waals surface area contributed by atoms with E-state index in [0.717, 1.165) is 24.6 Å². The van der Waals surface area contributed by atoms with Gasteiger partial charge in [0.2, 0.25) is 0 Å². The highest BCUT2D eigenvalue weighted by Gasteiger charge is 2.31. The first-order valence-electron chi connectivity index (χ1n) is 7.74. The van der Waals surface area contributed by atoms with Crippen LogP contribution < -0.4 is 10.1 Å². The molecule has 3 atom stereocenters. The lowest BCUT2D eigenvalue weighted by atomic mass is 9.86. The Kier molecular flexibility index (Phi) is 5.74. The van der Waals surface area contributed by atoms with Gasteiger partial charge in [-0.3, -0.25) is 0 Å². The van der Waals surface area contributed by atoms with Crippen LogP contribution in [0.25, 0.3) is 0 Å². The summed E-state index contributed by atoms with van der Waals surface area (Å²) >= 11 is 6.30. The van der Waals surface area contributed by atoms with E-state index in [-0.39, 0.29) is 0 Å². The number of rotatable bonds is 6. The van der Waals surface area contributed by atoms with Gasteiger partial charge in [-0.25, -0.2) is 0 Å². The van der Waals surface area contributed by atoms with E-state index in [1.165, 1.54) is 24.8 Å². The van der Waals surface area contributed by atoms with E-state index < -0.39 is 0 Å². The third kappa shape index (κ3) is 3.48. The minimum absolute atomic E-state index is 0.413. The lowest BCUT2D eigenvalue weighted by Gasteiger charge is -2.29. The number of methoxy groups -OCH3 is 1. The summed E-state index contributed by atoms with van der Waals surface area (Å²) in [4.78, 5) is 0. The van der Waals surface area contributed by atoms with Gasteiger partial charge in [0.15, 0.2) is 0 Å². The first-order valence-corrected chi connectivity index (χ1v) is 8.12. The molecular formula is C17H26ClNO. The summed E-state index contributed by atoms with van der Waals surface area (Å²) in [6, 6.07) is 6.62. The van der Waals surface area contributed by atoms with Gasteiger partial charge in [0.05, 0.1) is 12.1 Å². The molecule has 0 aromatic heterocycles. The monoisotopic (exact) mass is 295 g/mol. The molecule has 1 aromatic carbocycles. The third-order valence-corrected chi connectivity index (χ3v) is 4.80. The molecule has 0 amide bonds. The average molecular weight is 296 g/mol. The molecule has 0 saturated heterocycles. The van der Waals surface area contributed by atoms with Crippen LogP contribution in [0.3, 0.4) is 0 Å². The second-order valence-electron chi connectivity index (χ2n) is 5.90. The van der Waals surface area contributed by atoms with E-state index in [0.29, 0.717) is 17.0 Å². The van der Waals surface area contributed by atoms with Gasteiger partial charge < -0.3 is 10.1 Å². The molecule has 0 radical (unpaired) electrons. The summed E-state index contributed by atoms with van der Waals surface area (Å²) in [5, 5.41) is 4.43. The van der Waals surface area contributed by atoms with Crippen molar-refractivity contribution in [3.05, 3.63) is 28.8 Å². The topological polar surface area (TPSA) is 21.3 Å². The van der Waals surface area contributed by atoms with Crippen LogP contribution in [0.15, 0.2) is 18.2 Å². The predicted molar refractivity (Wildman–Crippen MR) is 85.5 cm³/mol. The molecule has 1 saturated carbocycles. The average Bonchev–Trinajstić information content (AvgIpc) is 2.86. The normalized spacial score (nSPS) is 23.8. The molecule has 0 aliphatic heterocycles. The Labute approximate surface area is 127 Å². The molecule has 1 N–H and O–H groups in total. The number of hydrogen-bond donors (Lipinski definition) is 1. The van der Waals surface area contributed by atoms with E-state index in [1.54, 1.807) is 7.11 Å². The maximum atomic E-state index is 6.30. The SMILES string of the molecule is CCCNC(c1ccc(OC)c(Cl)c1)C1CCCC1C. The first kappa shape index (κ1) is 15.7. The molecule has 3 heteroatoms. The van der Waals surface area contributed by atoms with Crippen LogP contribution in [0.2, 0.25) is 5.02 Å². The highest BCUT2D eigenvalue weighted by molar-refractivity contribution is 6.32. The number of halogens is 1. The van der Waals surface area contributed by atoms with E-state index >= 15 is 0 Å². The van der Waals surface area contributed by atoms with E-state index in [4.69, 9.17) is 16.3 Å². The lowest BCUT2D eigenvalue weighted by molar-refractivity contribution is 0.302. The molecule has 1 aliphatic carbocycles. The molecule has 1 aliphatic rings. The van der Waals surface area contributed by atoms with Crippen LogP contribution in [-0.4, -0.2) is 13.7 Å². The van der Waals surface area contributed by atoms with Crippen molar-refractivity contribution >= 4 is 11.6 Å². The molecule has 2 nitrogen and oxygen atoms in total. The number of hydrogen-bond acceptors (Lipinski definition) is 2. The van der Waals surface area contributed by atoms with Gasteiger partial charge >= 0.3 is 0 Å². The smallest absolute Gasteiger partial charge is 0.137 e.